The average molecular weight is 129 g/mol. The van der Waals surface area contributed by atoms with Crippen molar-refractivity contribution in [3.05, 3.63) is 12.7 Å². The van der Waals surface area contributed by atoms with Crippen LogP contribution in [0.5, 0.6) is 0 Å². The summed E-state index contributed by atoms with van der Waals surface area (Å²) in [7, 11) is 6.22. The molecule has 3 heteroatoms. The van der Waals surface area contributed by atoms with Crippen molar-refractivity contribution < 1.29 is 9.47 Å². The van der Waals surface area contributed by atoms with Crippen LogP contribution in [0.4, 0.5) is 0 Å². The van der Waals surface area contributed by atoms with Gasteiger partial charge in [-0.25, -0.2) is 0 Å². The van der Waals surface area contributed by atoms with Crippen molar-refractivity contribution in [3.63, 3.8) is 0 Å². The lowest BCUT2D eigenvalue weighted by Gasteiger charge is -2.21. The molecule has 0 N–H and O–H groups in total. The zero-order valence-electron chi connectivity index (χ0n) is 5.10. The Hall–Kier alpha value is -0.123. The predicted molar refractivity (Wildman–Crippen MR) is 32.7 cm³/mol. The summed E-state index contributed by atoms with van der Waals surface area (Å²) in [4.78, 5) is 0. The maximum absolute atomic E-state index is 4.81. The van der Waals surface area contributed by atoms with Crippen molar-refractivity contribution >= 4 is 10.2 Å². The molecule has 0 unspecified atom stereocenters. The van der Waals surface area contributed by atoms with E-state index in [1.54, 1.807) is 0 Å². The standard InChI is InChI=1S/C5H9O2Si/c1-4-5(8,6-2)7-3/h4H,1H2,2-3H3. The van der Waals surface area contributed by atoms with Crippen LogP contribution in [-0.2, 0) is 9.47 Å². The van der Waals surface area contributed by atoms with E-state index in [9.17, 15) is 0 Å². The molecule has 2 nitrogen and oxygen atoms in total. The maximum atomic E-state index is 4.81. The summed E-state index contributed by atoms with van der Waals surface area (Å²) in [6.45, 7) is 3.48. The van der Waals surface area contributed by atoms with Gasteiger partial charge in [0.05, 0.1) is 0 Å². The SMILES string of the molecule is C=CC([Si])(OC)OC. The summed E-state index contributed by atoms with van der Waals surface area (Å²) >= 11 is 0. The monoisotopic (exact) mass is 129 g/mol. The first-order valence-electron chi connectivity index (χ1n) is 2.17. The Labute approximate surface area is 52.9 Å². The molecule has 0 amide bonds. The molecule has 0 aliphatic heterocycles. The number of ether oxygens (including phenoxy) is 2. The molecule has 0 spiro atoms. The van der Waals surface area contributed by atoms with E-state index in [-0.39, 0.29) is 0 Å². The quantitative estimate of drug-likeness (QED) is 0.310. The lowest BCUT2D eigenvalue weighted by atomic mass is 10.6. The normalized spacial score (nSPS) is 11.4. The predicted octanol–water partition coefficient (Wildman–Crippen LogP) is 0.287. The molecule has 0 saturated heterocycles. The van der Waals surface area contributed by atoms with Crippen molar-refractivity contribution in [2.75, 3.05) is 14.2 Å². The third-order valence-electron chi connectivity index (χ3n) is 0.875. The van der Waals surface area contributed by atoms with Crippen molar-refractivity contribution in [1.82, 2.24) is 0 Å². The summed E-state index contributed by atoms with van der Waals surface area (Å²) in [6, 6.07) is 0. The highest BCUT2D eigenvalue weighted by molar-refractivity contribution is 6.14. The molecule has 0 aliphatic rings. The van der Waals surface area contributed by atoms with Gasteiger partial charge >= 0.3 is 0 Å². The molecular formula is C5H9O2Si. The van der Waals surface area contributed by atoms with Gasteiger partial charge in [0.25, 0.3) is 0 Å². The van der Waals surface area contributed by atoms with E-state index in [2.05, 4.69) is 16.8 Å². The van der Waals surface area contributed by atoms with E-state index in [1.165, 1.54) is 20.3 Å². The van der Waals surface area contributed by atoms with Gasteiger partial charge in [-0.3, -0.25) is 0 Å². The minimum absolute atomic E-state index is 0.806. The zero-order chi connectivity index (χ0) is 6.62. The Balaban J connectivity index is 3.76. The molecule has 0 atom stereocenters. The second kappa shape index (κ2) is 3.01. The van der Waals surface area contributed by atoms with E-state index in [0.717, 1.165) is 0 Å². The molecule has 0 aliphatic carbocycles. The van der Waals surface area contributed by atoms with Gasteiger partial charge in [-0.05, 0) is 6.08 Å². The second-order valence-corrected chi connectivity index (χ2v) is 1.98. The summed E-state index contributed by atoms with van der Waals surface area (Å²) in [6.07, 6.45) is 1.52. The van der Waals surface area contributed by atoms with E-state index in [1.807, 2.05) is 0 Å². The third-order valence-corrected chi connectivity index (χ3v) is 1.49. The van der Waals surface area contributed by atoms with Gasteiger partial charge in [0, 0.05) is 14.2 Å². The second-order valence-electron chi connectivity index (χ2n) is 1.28. The van der Waals surface area contributed by atoms with Crippen LogP contribution in [0, 0.1) is 0 Å². The van der Waals surface area contributed by atoms with Gasteiger partial charge in [-0.1, -0.05) is 6.58 Å². The molecule has 0 saturated carbocycles. The summed E-state index contributed by atoms with van der Waals surface area (Å²) in [5.74, 6) is 0. The molecule has 0 heterocycles. The van der Waals surface area contributed by atoms with Gasteiger partial charge in [0.1, 0.15) is 10.2 Å². The molecule has 0 fully saturated rings. The van der Waals surface area contributed by atoms with Crippen molar-refractivity contribution in [2.45, 2.75) is 5.41 Å². The van der Waals surface area contributed by atoms with Gasteiger partial charge in [0.2, 0.25) is 0 Å². The summed E-state index contributed by atoms with van der Waals surface area (Å²) in [5.41, 5.74) is -0.806. The highest BCUT2D eigenvalue weighted by Crippen LogP contribution is 2.04. The fourth-order valence-electron chi connectivity index (χ4n) is 0.250. The smallest absolute Gasteiger partial charge is 0.161 e. The fraction of sp³-hybridized carbons (Fsp3) is 0.600. The maximum Gasteiger partial charge on any atom is 0.161 e. The third kappa shape index (κ3) is 1.77. The molecule has 8 heavy (non-hydrogen) atoms. The highest BCUT2D eigenvalue weighted by atomic mass is 28.1. The molecule has 0 rings (SSSR count). The van der Waals surface area contributed by atoms with E-state index < -0.39 is 5.41 Å². The number of methoxy groups -OCH3 is 2. The molecule has 0 aromatic heterocycles. The van der Waals surface area contributed by atoms with Gasteiger partial charge < -0.3 is 9.47 Å². The highest BCUT2D eigenvalue weighted by Gasteiger charge is 2.15. The molecule has 0 aromatic rings. The lowest BCUT2D eigenvalue weighted by Crippen LogP contribution is -2.30. The van der Waals surface area contributed by atoms with Crippen LogP contribution in [0.3, 0.4) is 0 Å². The minimum Gasteiger partial charge on any atom is -0.354 e. The van der Waals surface area contributed by atoms with Crippen molar-refractivity contribution in [2.24, 2.45) is 0 Å². The van der Waals surface area contributed by atoms with Crippen LogP contribution in [-0.4, -0.2) is 29.9 Å². The van der Waals surface area contributed by atoms with Crippen molar-refractivity contribution in [3.8, 4) is 0 Å². The molecule has 3 radical (unpaired) electrons. The molecule has 45 valence electrons. The summed E-state index contributed by atoms with van der Waals surface area (Å²) < 4.78 is 9.62. The van der Waals surface area contributed by atoms with Crippen LogP contribution in [0.15, 0.2) is 12.7 Å². The Kier molecular flexibility index (Phi) is 2.97. The first-order chi connectivity index (χ1) is 3.68. The van der Waals surface area contributed by atoms with E-state index >= 15 is 0 Å². The summed E-state index contributed by atoms with van der Waals surface area (Å²) in [5, 5.41) is 0. The van der Waals surface area contributed by atoms with Gasteiger partial charge in [-0.2, -0.15) is 0 Å². The van der Waals surface area contributed by atoms with E-state index in [0.29, 0.717) is 0 Å². The van der Waals surface area contributed by atoms with Gasteiger partial charge in [0.15, 0.2) is 5.41 Å². The van der Waals surface area contributed by atoms with Gasteiger partial charge in [-0.15, -0.1) is 0 Å². The molecular weight excluding hydrogens is 120 g/mol. The Morgan fingerprint density at radius 2 is 1.88 bits per heavy atom. The van der Waals surface area contributed by atoms with Crippen LogP contribution in [0.25, 0.3) is 0 Å². The zero-order valence-corrected chi connectivity index (χ0v) is 6.10. The Bertz CT molecular complexity index is 78.5. The van der Waals surface area contributed by atoms with Crippen LogP contribution in [0.2, 0.25) is 0 Å². The topological polar surface area (TPSA) is 18.5 Å². The number of hydrogen-bond acceptors (Lipinski definition) is 2. The average Bonchev–Trinajstić information content (AvgIpc) is 1.87. The molecule has 0 aromatic carbocycles. The number of rotatable bonds is 3. The van der Waals surface area contributed by atoms with Crippen LogP contribution >= 0.6 is 0 Å². The molecule has 0 bridgehead atoms. The number of hydrogen-bond donors (Lipinski definition) is 0. The fourth-order valence-corrected chi connectivity index (χ4v) is 0.250. The first-order valence-corrected chi connectivity index (χ1v) is 2.67. The largest absolute Gasteiger partial charge is 0.354 e. The Morgan fingerprint density at radius 3 is 1.88 bits per heavy atom. The van der Waals surface area contributed by atoms with Crippen LogP contribution in [0.1, 0.15) is 0 Å². The Morgan fingerprint density at radius 1 is 1.50 bits per heavy atom. The van der Waals surface area contributed by atoms with Crippen LogP contribution < -0.4 is 0 Å². The minimum atomic E-state index is -0.806. The lowest BCUT2D eigenvalue weighted by molar-refractivity contribution is -0.105. The van der Waals surface area contributed by atoms with Crippen molar-refractivity contribution in [1.29, 1.82) is 0 Å². The van der Waals surface area contributed by atoms with E-state index in [4.69, 9.17) is 9.47 Å². The first kappa shape index (κ1) is 7.88.